The monoisotopic (exact) mass is 324 g/mol. The van der Waals surface area contributed by atoms with Gasteiger partial charge in [-0.2, -0.15) is 4.98 Å². The Bertz CT molecular complexity index is 1020. The summed E-state index contributed by atoms with van der Waals surface area (Å²) in [5, 5.41) is 10.3. The first-order valence-electron chi connectivity index (χ1n) is 7.16. The van der Waals surface area contributed by atoms with Crippen LogP contribution >= 0.6 is 0 Å². The summed E-state index contributed by atoms with van der Waals surface area (Å²) in [6, 6.07) is 6.91. The van der Waals surface area contributed by atoms with E-state index in [1.54, 1.807) is 37.5 Å². The van der Waals surface area contributed by atoms with Crippen LogP contribution in [0.5, 0.6) is 0 Å². The fourth-order valence-electron chi connectivity index (χ4n) is 2.24. The molecule has 24 heavy (non-hydrogen) atoms. The molecule has 0 fully saturated rings. The molecule has 0 aliphatic heterocycles. The molecule has 1 amide bonds. The van der Waals surface area contributed by atoms with Crippen LogP contribution in [0.4, 0.5) is 0 Å². The molecule has 0 aliphatic rings. The second-order valence-corrected chi connectivity index (χ2v) is 5.15. The van der Waals surface area contributed by atoms with Crippen LogP contribution < -0.4 is 5.32 Å². The third-order valence-electron chi connectivity index (χ3n) is 3.41. The Kier molecular flexibility index (Phi) is 3.30. The molecule has 0 saturated heterocycles. The average Bonchev–Trinajstić information content (AvgIpc) is 3.31. The van der Waals surface area contributed by atoms with Crippen molar-refractivity contribution in [3.05, 3.63) is 47.8 Å². The number of fused-ring (bicyclic) bond motifs is 1. The summed E-state index contributed by atoms with van der Waals surface area (Å²) < 4.78 is 10.1. The van der Waals surface area contributed by atoms with Gasteiger partial charge >= 0.3 is 0 Å². The van der Waals surface area contributed by atoms with E-state index in [1.165, 1.54) is 0 Å². The molecule has 4 aromatic rings. The standard InChI is InChI=1S/C15H12N6O3/c1-8-4-12(20-23-8)14-19-13(24-21-14)6-16-15(22)9-2-3-10-11(5-9)18-7-17-10/h2-5,7H,6H2,1H3,(H,16,22)(H,17,18). The zero-order valence-corrected chi connectivity index (χ0v) is 12.6. The SMILES string of the molecule is Cc1cc(-c2noc(CNC(=O)c3ccc4nc[nH]c4c3)n2)no1. The number of hydrogen-bond acceptors (Lipinski definition) is 7. The van der Waals surface area contributed by atoms with E-state index in [4.69, 9.17) is 9.05 Å². The quantitative estimate of drug-likeness (QED) is 0.587. The van der Waals surface area contributed by atoms with E-state index in [2.05, 4.69) is 30.6 Å². The Balaban J connectivity index is 1.44. The number of carbonyl (C=O) groups is 1. The van der Waals surface area contributed by atoms with Crippen molar-refractivity contribution in [3.8, 4) is 11.5 Å². The molecule has 0 saturated carbocycles. The number of rotatable bonds is 4. The largest absolute Gasteiger partial charge is 0.361 e. The van der Waals surface area contributed by atoms with Crippen molar-refractivity contribution < 1.29 is 13.8 Å². The predicted molar refractivity (Wildman–Crippen MR) is 81.8 cm³/mol. The molecule has 0 atom stereocenters. The van der Waals surface area contributed by atoms with Crippen LogP contribution in [-0.2, 0) is 6.54 Å². The molecular formula is C15H12N6O3. The van der Waals surface area contributed by atoms with Gasteiger partial charge in [-0.1, -0.05) is 10.3 Å². The summed E-state index contributed by atoms with van der Waals surface area (Å²) in [6.45, 7) is 1.89. The molecule has 0 bridgehead atoms. The maximum absolute atomic E-state index is 12.2. The molecule has 9 heteroatoms. The van der Waals surface area contributed by atoms with E-state index in [0.29, 0.717) is 22.8 Å². The van der Waals surface area contributed by atoms with Crippen molar-refractivity contribution >= 4 is 16.9 Å². The van der Waals surface area contributed by atoms with Gasteiger partial charge in [-0.3, -0.25) is 4.79 Å². The van der Waals surface area contributed by atoms with E-state index in [-0.39, 0.29) is 18.3 Å². The molecule has 0 unspecified atom stereocenters. The number of imidazole rings is 1. The van der Waals surface area contributed by atoms with Gasteiger partial charge in [0, 0.05) is 11.6 Å². The van der Waals surface area contributed by atoms with E-state index in [1.807, 2.05) is 0 Å². The number of H-pyrrole nitrogens is 1. The fourth-order valence-corrected chi connectivity index (χ4v) is 2.24. The molecule has 9 nitrogen and oxygen atoms in total. The summed E-state index contributed by atoms with van der Waals surface area (Å²) >= 11 is 0. The smallest absolute Gasteiger partial charge is 0.251 e. The van der Waals surface area contributed by atoms with Gasteiger partial charge in [0.05, 0.1) is 23.9 Å². The first-order valence-corrected chi connectivity index (χ1v) is 7.16. The lowest BCUT2D eigenvalue weighted by molar-refractivity contribution is 0.0946. The molecular weight excluding hydrogens is 312 g/mol. The highest BCUT2D eigenvalue weighted by molar-refractivity contribution is 5.97. The summed E-state index contributed by atoms with van der Waals surface area (Å²) in [4.78, 5) is 23.4. The molecule has 1 aromatic carbocycles. The molecule has 120 valence electrons. The third kappa shape index (κ3) is 2.62. The zero-order valence-electron chi connectivity index (χ0n) is 12.6. The van der Waals surface area contributed by atoms with Gasteiger partial charge in [-0.25, -0.2) is 4.98 Å². The van der Waals surface area contributed by atoms with Crippen molar-refractivity contribution in [1.29, 1.82) is 0 Å². The van der Waals surface area contributed by atoms with Crippen molar-refractivity contribution in [3.63, 3.8) is 0 Å². The molecule has 0 spiro atoms. The lowest BCUT2D eigenvalue weighted by atomic mass is 10.2. The second-order valence-electron chi connectivity index (χ2n) is 5.15. The van der Waals surface area contributed by atoms with Gasteiger partial charge < -0.3 is 19.3 Å². The van der Waals surface area contributed by atoms with Crippen molar-refractivity contribution in [1.82, 2.24) is 30.6 Å². The minimum Gasteiger partial charge on any atom is -0.361 e. The van der Waals surface area contributed by atoms with Gasteiger partial charge in [0.25, 0.3) is 5.91 Å². The topological polar surface area (TPSA) is 123 Å². The molecule has 0 radical (unpaired) electrons. The number of carbonyl (C=O) groups excluding carboxylic acids is 1. The summed E-state index contributed by atoms with van der Waals surface area (Å²) in [5.74, 6) is 0.999. The van der Waals surface area contributed by atoms with Crippen LogP contribution in [0.25, 0.3) is 22.6 Å². The zero-order chi connectivity index (χ0) is 16.5. The lowest BCUT2D eigenvalue weighted by Crippen LogP contribution is -2.22. The maximum Gasteiger partial charge on any atom is 0.251 e. The molecule has 4 rings (SSSR count). The Labute approximate surface area is 135 Å². The Morgan fingerprint density at radius 2 is 2.17 bits per heavy atom. The number of hydrogen-bond donors (Lipinski definition) is 2. The number of aryl methyl sites for hydroxylation is 1. The van der Waals surface area contributed by atoms with E-state index in [0.717, 1.165) is 11.0 Å². The van der Waals surface area contributed by atoms with Crippen LogP contribution in [0.2, 0.25) is 0 Å². The van der Waals surface area contributed by atoms with E-state index in [9.17, 15) is 4.79 Å². The Hall–Kier alpha value is -3.49. The average molecular weight is 324 g/mol. The molecule has 2 N–H and O–H groups in total. The number of amides is 1. The number of nitrogens with zero attached hydrogens (tertiary/aromatic N) is 4. The summed E-state index contributed by atoms with van der Waals surface area (Å²) in [7, 11) is 0. The van der Waals surface area contributed by atoms with Crippen LogP contribution in [-0.4, -0.2) is 31.2 Å². The van der Waals surface area contributed by atoms with Crippen molar-refractivity contribution in [2.75, 3.05) is 0 Å². The van der Waals surface area contributed by atoms with Crippen LogP contribution in [0.3, 0.4) is 0 Å². The third-order valence-corrected chi connectivity index (χ3v) is 3.41. The summed E-state index contributed by atoms with van der Waals surface area (Å²) in [6.07, 6.45) is 1.58. The number of benzene rings is 1. The van der Waals surface area contributed by atoms with Gasteiger partial charge in [-0.05, 0) is 25.1 Å². The number of aromatic nitrogens is 5. The van der Waals surface area contributed by atoms with Crippen molar-refractivity contribution in [2.45, 2.75) is 13.5 Å². The van der Waals surface area contributed by atoms with E-state index < -0.39 is 0 Å². The molecule has 3 heterocycles. The van der Waals surface area contributed by atoms with E-state index >= 15 is 0 Å². The van der Waals surface area contributed by atoms with Gasteiger partial charge in [0.15, 0.2) is 5.69 Å². The highest BCUT2D eigenvalue weighted by atomic mass is 16.5. The first kappa shape index (κ1) is 14.1. The Morgan fingerprint density at radius 1 is 1.25 bits per heavy atom. The summed E-state index contributed by atoms with van der Waals surface area (Å²) in [5.41, 5.74) is 2.59. The van der Waals surface area contributed by atoms with Crippen molar-refractivity contribution in [2.24, 2.45) is 0 Å². The fraction of sp³-hybridized carbons (Fsp3) is 0.133. The molecule has 3 aromatic heterocycles. The second kappa shape index (κ2) is 5.61. The Morgan fingerprint density at radius 3 is 3.00 bits per heavy atom. The number of aromatic amines is 1. The minimum absolute atomic E-state index is 0.115. The van der Waals surface area contributed by atoms with Gasteiger partial charge in [0.2, 0.25) is 11.7 Å². The predicted octanol–water partition coefficient (Wildman–Crippen LogP) is 1.84. The first-order chi connectivity index (χ1) is 11.7. The minimum atomic E-state index is -0.247. The highest BCUT2D eigenvalue weighted by Gasteiger charge is 2.14. The maximum atomic E-state index is 12.2. The molecule has 0 aliphatic carbocycles. The lowest BCUT2D eigenvalue weighted by Gasteiger charge is -2.02. The highest BCUT2D eigenvalue weighted by Crippen LogP contribution is 2.15. The normalized spacial score (nSPS) is 11.0. The van der Waals surface area contributed by atoms with Crippen LogP contribution in [0.1, 0.15) is 22.0 Å². The van der Waals surface area contributed by atoms with Crippen LogP contribution in [0.15, 0.2) is 39.6 Å². The van der Waals surface area contributed by atoms with Crippen LogP contribution in [0, 0.1) is 6.92 Å². The van der Waals surface area contributed by atoms with Gasteiger partial charge in [0.1, 0.15) is 5.76 Å². The van der Waals surface area contributed by atoms with Gasteiger partial charge in [-0.15, -0.1) is 0 Å². The number of nitrogens with one attached hydrogen (secondary N) is 2.